The lowest BCUT2D eigenvalue weighted by Gasteiger charge is -2.10. The topological polar surface area (TPSA) is 26.3 Å². The molecule has 0 unspecified atom stereocenters. The van der Waals surface area contributed by atoms with Crippen molar-refractivity contribution in [2.24, 2.45) is 0 Å². The van der Waals surface area contributed by atoms with Gasteiger partial charge in [-0.3, -0.25) is 4.79 Å². The summed E-state index contributed by atoms with van der Waals surface area (Å²) in [6, 6.07) is 5.63. The fourth-order valence-electron chi connectivity index (χ4n) is 1.39. The van der Waals surface area contributed by atoms with Crippen molar-refractivity contribution in [3.8, 4) is 5.75 Å². The Morgan fingerprint density at radius 3 is 2.67 bits per heavy atom. The molecule has 0 heterocycles. The number of carbonyl (C=O) groups is 1. The summed E-state index contributed by atoms with van der Waals surface area (Å²) in [6.07, 6.45) is 0.486. The molecule has 0 fully saturated rings. The van der Waals surface area contributed by atoms with Crippen molar-refractivity contribution in [3.63, 3.8) is 0 Å². The Kier molecular flexibility index (Phi) is 5.32. The SMILES string of the molecule is COc1cccc(CBr)c1C(=O)CCBr. The second-order valence-electron chi connectivity index (χ2n) is 2.99. The molecule has 0 aliphatic carbocycles. The second kappa shape index (κ2) is 6.28. The van der Waals surface area contributed by atoms with Crippen LogP contribution in [0.4, 0.5) is 0 Å². The van der Waals surface area contributed by atoms with Crippen LogP contribution in [0, 0.1) is 0 Å². The number of halogens is 2. The molecule has 0 saturated heterocycles. The van der Waals surface area contributed by atoms with E-state index in [4.69, 9.17) is 4.74 Å². The molecular formula is C11H12Br2O2. The van der Waals surface area contributed by atoms with E-state index in [0.717, 1.165) is 5.56 Å². The van der Waals surface area contributed by atoms with Crippen LogP contribution in [-0.4, -0.2) is 18.2 Å². The van der Waals surface area contributed by atoms with Gasteiger partial charge in [-0.15, -0.1) is 0 Å². The van der Waals surface area contributed by atoms with Crippen LogP contribution in [0.3, 0.4) is 0 Å². The molecule has 0 aliphatic heterocycles. The number of ether oxygens (including phenoxy) is 1. The van der Waals surface area contributed by atoms with Crippen molar-refractivity contribution in [1.29, 1.82) is 0 Å². The Morgan fingerprint density at radius 2 is 2.13 bits per heavy atom. The Balaban J connectivity index is 3.15. The summed E-state index contributed by atoms with van der Waals surface area (Å²) >= 11 is 6.64. The predicted molar refractivity (Wildman–Crippen MR) is 68.4 cm³/mol. The van der Waals surface area contributed by atoms with E-state index in [1.165, 1.54) is 0 Å². The maximum Gasteiger partial charge on any atom is 0.167 e. The van der Waals surface area contributed by atoms with Crippen molar-refractivity contribution in [2.75, 3.05) is 12.4 Å². The predicted octanol–water partition coefficient (Wildman–Crippen LogP) is 3.56. The minimum Gasteiger partial charge on any atom is -0.496 e. The second-order valence-corrected chi connectivity index (χ2v) is 4.34. The normalized spacial score (nSPS) is 10.1. The summed E-state index contributed by atoms with van der Waals surface area (Å²) in [7, 11) is 1.58. The van der Waals surface area contributed by atoms with Crippen LogP contribution in [0.2, 0.25) is 0 Å². The molecule has 0 saturated carbocycles. The first kappa shape index (κ1) is 12.7. The van der Waals surface area contributed by atoms with Gasteiger partial charge < -0.3 is 4.74 Å². The Bertz CT molecular complexity index is 328. The van der Waals surface area contributed by atoms with Crippen LogP contribution in [0.15, 0.2) is 18.2 Å². The van der Waals surface area contributed by atoms with Gasteiger partial charge in [0.1, 0.15) is 5.75 Å². The van der Waals surface area contributed by atoms with Gasteiger partial charge in [0, 0.05) is 17.1 Å². The van der Waals surface area contributed by atoms with Crippen LogP contribution in [0.25, 0.3) is 0 Å². The maximum atomic E-state index is 11.9. The lowest BCUT2D eigenvalue weighted by molar-refractivity contribution is 0.0986. The minimum absolute atomic E-state index is 0.110. The number of hydrogen-bond acceptors (Lipinski definition) is 2. The monoisotopic (exact) mass is 334 g/mol. The highest BCUT2D eigenvalue weighted by Gasteiger charge is 2.15. The number of rotatable bonds is 5. The van der Waals surface area contributed by atoms with E-state index in [9.17, 15) is 4.79 Å². The van der Waals surface area contributed by atoms with Gasteiger partial charge in [-0.1, -0.05) is 44.0 Å². The molecule has 4 heteroatoms. The van der Waals surface area contributed by atoms with Crippen LogP contribution >= 0.6 is 31.9 Å². The molecule has 15 heavy (non-hydrogen) atoms. The van der Waals surface area contributed by atoms with E-state index in [2.05, 4.69) is 31.9 Å². The van der Waals surface area contributed by atoms with Gasteiger partial charge in [-0.25, -0.2) is 0 Å². The first-order valence-corrected chi connectivity index (χ1v) is 6.80. The van der Waals surface area contributed by atoms with E-state index < -0.39 is 0 Å². The van der Waals surface area contributed by atoms with Gasteiger partial charge >= 0.3 is 0 Å². The zero-order valence-electron chi connectivity index (χ0n) is 8.43. The van der Waals surface area contributed by atoms with Crippen LogP contribution in [0.5, 0.6) is 5.75 Å². The molecule has 1 rings (SSSR count). The molecular weight excluding hydrogens is 324 g/mol. The van der Waals surface area contributed by atoms with Gasteiger partial charge in [-0.2, -0.15) is 0 Å². The molecule has 0 bridgehead atoms. The number of hydrogen-bond donors (Lipinski definition) is 0. The zero-order chi connectivity index (χ0) is 11.3. The number of methoxy groups -OCH3 is 1. The quantitative estimate of drug-likeness (QED) is 0.607. The van der Waals surface area contributed by atoms with Gasteiger partial charge in [0.25, 0.3) is 0 Å². The first-order chi connectivity index (χ1) is 7.24. The highest BCUT2D eigenvalue weighted by Crippen LogP contribution is 2.25. The van der Waals surface area contributed by atoms with Gasteiger partial charge in [0.2, 0.25) is 0 Å². The molecule has 0 radical (unpaired) electrons. The molecule has 2 nitrogen and oxygen atoms in total. The smallest absolute Gasteiger partial charge is 0.167 e. The molecule has 0 atom stereocenters. The van der Waals surface area contributed by atoms with Crippen LogP contribution in [0.1, 0.15) is 22.3 Å². The van der Waals surface area contributed by atoms with Gasteiger partial charge in [0.05, 0.1) is 12.7 Å². The summed E-state index contributed by atoms with van der Waals surface area (Å²) in [5.74, 6) is 0.761. The molecule has 1 aromatic carbocycles. The van der Waals surface area contributed by atoms with Crippen LogP contribution in [-0.2, 0) is 5.33 Å². The third-order valence-electron chi connectivity index (χ3n) is 2.08. The largest absolute Gasteiger partial charge is 0.496 e. The molecule has 0 aliphatic rings. The number of Topliss-reactive ketones (excluding diaryl/α,β-unsaturated/α-hetero) is 1. The summed E-state index contributed by atoms with van der Waals surface area (Å²) in [6.45, 7) is 0. The summed E-state index contributed by atoms with van der Waals surface area (Å²) < 4.78 is 5.20. The molecule has 0 N–H and O–H groups in total. The van der Waals surface area contributed by atoms with E-state index >= 15 is 0 Å². The number of ketones is 1. The Hall–Kier alpha value is -0.350. The Morgan fingerprint density at radius 1 is 1.40 bits per heavy atom. The summed E-state index contributed by atoms with van der Waals surface area (Å²) in [5, 5.41) is 1.33. The van der Waals surface area contributed by atoms with E-state index in [1.54, 1.807) is 7.11 Å². The zero-order valence-corrected chi connectivity index (χ0v) is 11.6. The van der Waals surface area contributed by atoms with E-state index in [0.29, 0.717) is 28.4 Å². The third-order valence-corrected chi connectivity index (χ3v) is 3.08. The Labute approximate surface area is 106 Å². The van der Waals surface area contributed by atoms with Gasteiger partial charge in [-0.05, 0) is 11.6 Å². The number of alkyl halides is 2. The van der Waals surface area contributed by atoms with Crippen molar-refractivity contribution in [1.82, 2.24) is 0 Å². The first-order valence-electron chi connectivity index (χ1n) is 4.55. The molecule has 0 amide bonds. The van der Waals surface area contributed by atoms with Crippen molar-refractivity contribution < 1.29 is 9.53 Å². The third kappa shape index (κ3) is 3.05. The van der Waals surface area contributed by atoms with E-state index in [-0.39, 0.29) is 5.78 Å². The summed E-state index contributed by atoms with van der Waals surface area (Å²) in [5.41, 5.74) is 1.66. The molecule has 0 aromatic heterocycles. The van der Waals surface area contributed by atoms with E-state index in [1.807, 2.05) is 18.2 Å². The number of carbonyl (C=O) groups excluding carboxylic acids is 1. The van der Waals surface area contributed by atoms with Crippen molar-refractivity contribution >= 4 is 37.6 Å². The summed E-state index contributed by atoms with van der Waals surface area (Å²) in [4.78, 5) is 11.9. The lowest BCUT2D eigenvalue weighted by Crippen LogP contribution is -2.06. The number of benzene rings is 1. The highest BCUT2D eigenvalue weighted by atomic mass is 79.9. The standard InChI is InChI=1S/C11H12Br2O2/c1-15-10-4-2-3-8(7-13)11(10)9(14)5-6-12/h2-4H,5-7H2,1H3. The lowest BCUT2D eigenvalue weighted by atomic mass is 10.0. The highest BCUT2D eigenvalue weighted by molar-refractivity contribution is 9.09. The fourth-order valence-corrected chi connectivity index (χ4v) is 2.21. The van der Waals surface area contributed by atoms with Crippen LogP contribution < -0.4 is 4.74 Å². The van der Waals surface area contributed by atoms with Crippen molar-refractivity contribution in [2.45, 2.75) is 11.8 Å². The molecule has 1 aromatic rings. The molecule has 82 valence electrons. The minimum atomic E-state index is 0.110. The van der Waals surface area contributed by atoms with Gasteiger partial charge in [0.15, 0.2) is 5.78 Å². The fraction of sp³-hybridized carbons (Fsp3) is 0.364. The average Bonchev–Trinajstić information content (AvgIpc) is 2.28. The van der Waals surface area contributed by atoms with Crippen molar-refractivity contribution in [3.05, 3.63) is 29.3 Å². The maximum absolute atomic E-state index is 11.9. The average molecular weight is 336 g/mol. The molecule has 0 spiro atoms.